The second-order valence-corrected chi connectivity index (χ2v) is 8.67. The molecule has 0 saturated heterocycles. The van der Waals surface area contributed by atoms with E-state index in [-0.39, 0.29) is 6.04 Å². The van der Waals surface area contributed by atoms with Crippen LogP contribution in [0.5, 0.6) is 0 Å². The lowest BCUT2D eigenvalue weighted by Gasteiger charge is -2.24. The summed E-state index contributed by atoms with van der Waals surface area (Å²) in [4.78, 5) is 0. The number of nitrogens with zero attached hydrogens (tertiary/aromatic N) is 1. The Morgan fingerprint density at radius 2 is 2.15 bits per heavy atom. The van der Waals surface area contributed by atoms with E-state index in [1.807, 2.05) is 32.2 Å². The molecule has 1 heterocycles. The molecule has 0 aromatic carbocycles. The average molecular weight is 316 g/mol. The molecule has 114 valence electrons. The number of hydrogen-bond donors (Lipinski definition) is 1. The Morgan fingerprint density at radius 1 is 1.45 bits per heavy atom. The smallest absolute Gasteiger partial charge is 0.252 e. The highest BCUT2D eigenvalue weighted by Gasteiger charge is 2.28. The third-order valence-electron chi connectivity index (χ3n) is 3.38. The number of rotatable bonds is 8. The predicted octanol–water partition coefficient (Wildman–Crippen LogP) is 2.81. The third kappa shape index (κ3) is 3.81. The summed E-state index contributed by atoms with van der Waals surface area (Å²) in [5.74, 6) is 0. The monoisotopic (exact) mass is 316 g/mol. The van der Waals surface area contributed by atoms with Crippen LogP contribution in [-0.4, -0.2) is 31.4 Å². The molecule has 2 rings (SSSR count). The molecular formula is C14H24N2O2S2. The van der Waals surface area contributed by atoms with E-state index in [4.69, 9.17) is 0 Å². The fraction of sp³-hybridized carbons (Fsp3) is 0.714. The van der Waals surface area contributed by atoms with Crippen molar-refractivity contribution in [3.8, 4) is 0 Å². The quantitative estimate of drug-likeness (QED) is 0.802. The van der Waals surface area contributed by atoms with Crippen molar-refractivity contribution in [1.82, 2.24) is 9.62 Å². The van der Waals surface area contributed by atoms with E-state index < -0.39 is 10.0 Å². The largest absolute Gasteiger partial charge is 0.310 e. The van der Waals surface area contributed by atoms with Gasteiger partial charge in [0, 0.05) is 25.2 Å². The average Bonchev–Trinajstić information content (AvgIpc) is 3.09. The summed E-state index contributed by atoms with van der Waals surface area (Å²) >= 11 is 1.33. The molecule has 0 atom stereocenters. The Morgan fingerprint density at radius 3 is 2.70 bits per heavy atom. The number of nitrogens with one attached hydrogen (secondary N) is 1. The molecule has 0 unspecified atom stereocenters. The summed E-state index contributed by atoms with van der Waals surface area (Å²) in [6.45, 7) is 7.21. The van der Waals surface area contributed by atoms with Crippen molar-refractivity contribution < 1.29 is 8.42 Å². The summed E-state index contributed by atoms with van der Waals surface area (Å²) in [5.41, 5.74) is 1.07. The van der Waals surface area contributed by atoms with Gasteiger partial charge in [-0.25, -0.2) is 8.42 Å². The van der Waals surface area contributed by atoms with Crippen LogP contribution in [0.15, 0.2) is 15.7 Å². The predicted molar refractivity (Wildman–Crippen MR) is 83.5 cm³/mol. The Bertz CT molecular complexity index is 533. The van der Waals surface area contributed by atoms with Gasteiger partial charge in [-0.2, -0.15) is 4.31 Å². The van der Waals surface area contributed by atoms with Gasteiger partial charge in [-0.3, -0.25) is 0 Å². The molecule has 1 aliphatic carbocycles. The maximum Gasteiger partial charge on any atom is 0.252 e. The highest BCUT2D eigenvalue weighted by molar-refractivity contribution is 7.91. The van der Waals surface area contributed by atoms with Gasteiger partial charge in [0.25, 0.3) is 10.0 Å². The lowest BCUT2D eigenvalue weighted by molar-refractivity contribution is 0.355. The minimum absolute atomic E-state index is 0.00455. The molecule has 1 saturated carbocycles. The van der Waals surface area contributed by atoms with Gasteiger partial charge in [-0.05, 0) is 50.1 Å². The van der Waals surface area contributed by atoms with Gasteiger partial charge in [-0.15, -0.1) is 11.3 Å². The molecule has 1 fully saturated rings. The van der Waals surface area contributed by atoms with Gasteiger partial charge in [0.05, 0.1) is 0 Å². The van der Waals surface area contributed by atoms with Crippen LogP contribution in [0.3, 0.4) is 0 Å². The van der Waals surface area contributed by atoms with Crippen LogP contribution < -0.4 is 5.32 Å². The lowest BCUT2D eigenvalue weighted by Crippen LogP contribution is -2.37. The first kappa shape index (κ1) is 15.9. The molecular weight excluding hydrogens is 292 g/mol. The van der Waals surface area contributed by atoms with Crippen LogP contribution in [-0.2, 0) is 16.6 Å². The zero-order valence-electron chi connectivity index (χ0n) is 12.4. The molecule has 1 aliphatic rings. The van der Waals surface area contributed by atoms with E-state index >= 15 is 0 Å². The number of thiophene rings is 1. The van der Waals surface area contributed by atoms with E-state index in [1.54, 1.807) is 4.31 Å². The van der Waals surface area contributed by atoms with Gasteiger partial charge in [-0.1, -0.05) is 6.92 Å². The van der Waals surface area contributed by atoms with Crippen LogP contribution in [0.1, 0.15) is 45.6 Å². The first-order chi connectivity index (χ1) is 9.45. The summed E-state index contributed by atoms with van der Waals surface area (Å²) in [6.07, 6.45) is 3.32. The van der Waals surface area contributed by atoms with Crippen molar-refractivity contribution in [1.29, 1.82) is 0 Å². The molecule has 0 amide bonds. The lowest BCUT2D eigenvalue weighted by atomic mass is 10.3. The Labute approximate surface area is 126 Å². The Balaban J connectivity index is 2.10. The zero-order valence-corrected chi connectivity index (χ0v) is 14.1. The molecule has 1 N–H and O–H groups in total. The van der Waals surface area contributed by atoms with Crippen LogP contribution >= 0.6 is 11.3 Å². The van der Waals surface area contributed by atoms with Gasteiger partial charge in [0.15, 0.2) is 0 Å². The van der Waals surface area contributed by atoms with E-state index in [2.05, 4.69) is 5.32 Å². The topological polar surface area (TPSA) is 49.4 Å². The second kappa shape index (κ2) is 6.56. The Hall–Kier alpha value is -0.430. The van der Waals surface area contributed by atoms with E-state index in [1.165, 1.54) is 24.2 Å². The van der Waals surface area contributed by atoms with Crippen LogP contribution in [0.4, 0.5) is 0 Å². The van der Waals surface area contributed by atoms with Gasteiger partial charge < -0.3 is 5.32 Å². The van der Waals surface area contributed by atoms with Gasteiger partial charge in [0.1, 0.15) is 4.21 Å². The number of hydrogen-bond acceptors (Lipinski definition) is 4. The molecule has 1 aromatic heterocycles. The highest BCUT2D eigenvalue weighted by atomic mass is 32.2. The second-order valence-electron chi connectivity index (χ2n) is 5.64. The van der Waals surface area contributed by atoms with Crippen molar-refractivity contribution >= 4 is 21.4 Å². The van der Waals surface area contributed by atoms with E-state index in [9.17, 15) is 8.42 Å². The van der Waals surface area contributed by atoms with Gasteiger partial charge >= 0.3 is 0 Å². The fourth-order valence-corrected chi connectivity index (χ4v) is 5.19. The number of sulfonamides is 1. The minimum Gasteiger partial charge on any atom is -0.310 e. The van der Waals surface area contributed by atoms with Crippen molar-refractivity contribution in [2.45, 2.75) is 62.9 Å². The normalized spacial score (nSPS) is 16.2. The molecule has 20 heavy (non-hydrogen) atoms. The summed E-state index contributed by atoms with van der Waals surface area (Å²) in [6, 6.07) is 2.46. The first-order valence-electron chi connectivity index (χ1n) is 7.27. The maximum atomic E-state index is 12.6. The Kier molecular flexibility index (Phi) is 5.23. The van der Waals surface area contributed by atoms with E-state index in [0.717, 1.165) is 18.5 Å². The summed E-state index contributed by atoms with van der Waals surface area (Å²) < 4.78 is 27.3. The summed E-state index contributed by atoms with van der Waals surface area (Å²) in [7, 11) is -3.34. The van der Waals surface area contributed by atoms with Crippen molar-refractivity contribution in [2.75, 3.05) is 6.54 Å². The standard InChI is InChI=1S/C14H24N2O2S2/c1-4-7-16(11(2)3)20(17,18)14-8-12(10-19-14)9-15-13-5-6-13/h8,10-11,13,15H,4-7,9H2,1-3H3. The fourth-order valence-electron chi connectivity index (χ4n) is 2.12. The SMILES string of the molecule is CCCN(C(C)C)S(=O)(=O)c1cc(CNC2CC2)cs1. The first-order valence-corrected chi connectivity index (χ1v) is 9.59. The van der Waals surface area contributed by atoms with Crippen molar-refractivity contribution in [3.63, 3.8) is 0 Å². The van der Waals surface area contributed by atoms with Crippen LogP contribution in [0.2, 0.25) is 0 Å². The highest BCUT2D eigenvalue weighted by Crippen LogP contribution is 2.26. The summed E-state index contributed by atoms with van der Waals surface area (Å²) in [5, 5.41) is 5.36. The zero-order chi connectivity index (χ0) is 14.8. The van der Waals surface area contributed by atoms with Crippen molar-refractivity contribution in [3.05, 3.63) is 17.0 Å². The van der Waals surface area contributed by atoms with Crippen molar-refractivity contribution in [2.24, 2.45) is 0 Å². The molecule has 4 nitrogen and oxygen atoms in total. The van der Waals surface area contributed by atoms with Crippen LogP contribution in [0.25, 0.3) is 0 Å². The molecule has 1 aromatic rings. The van der Waals surface area contributed by atoms with E-state index in [0.29, 0.717) is 16.8 Å². The minimum atomic E-state index is -3.34. The van der Waals surface area contributed by atoms with Crippen LogP contribution in [0, 0.1) is 0 Å². The molecule has 0 radical (unpaired) electrons. The molecule has 0 aliphatic heterocycles. The molecule has 6 heteroatoms. The van der Waals surface area contributed by atoms with Gasteiger partial charge in [0.2, 0.25) is 0 Å². The third-order valence-corrected chi connectivity index (χ3v) is 6.92. The maximum absolute atomic E-state index is 12.6. The molecule has 0 bridgehead atoms. The molecule has 0 spiro atoms.